The van der Waals surface area contributed by atoms with E-state index >= 15 is 0 Å². The quantitative estimate of drug-likeness (QED) is 0.923. The van der Waals surface area contributed by atoms with Crippen LogP contribution in [-0.4, -0.2) is 29.8 Å². The molecular weight excluding hydrogens is 284 g/mol. The van der Waals surface area contributed by atoms with Crippen molar-refractivity contribution in [1.82, 2.24) is 10.2 Å². The minimum Gasteiger partial charge on any atom is -0.385 e. The highest BCUT2D eigenvalue weighted by Crippen LogP contribution is 2.30. The number of likely N-dealkylation sites (tertiary alicyclic amines) is 1. The van der Waals surface area contributed by atoms with E-state index in [0.717, 1.165) is 38.2 Å². The van der Waals surface area contributed by atoms with E-state index in [4.69, 9.17) is 0 Å². The minimum absolute atomic E-state index is 0.00563. The summed E-state index contributed by atoms with van der Waals surface area (Å²) in [6.45, 7) is 7.58. The van der Waals surface area contributed by atoms with Crippen molar-refractivity contribution in [2.45, 2.75) is 52.1 Å². The van der Waals surface area contributed by atoms with Crippen LogP contribution in [0.1, 0.15) is 45.1 Å². The normalized spacial score (nSPS) is 22.7. The zero-order chi connectivity index (χ0) is 16.3. The first kappa shape index (κ1) is 16.3. The lowest BCUT2D eigenvalue weighted by molar-refractivity contribution is -0.120. The largest absolute Gasteiger partial charge is 0.385 e. The Morgan fingerprint density at radius 2 is 1.87 bits per heavy atom. The molecule has 3 heteroatoms. The maximum atomic E-state index is 11.9. The number of rotatable bonds is 4. The van der Waals surface area contributed by atoms with Gasteiger partial charge < -0.3 is 5.32 Å². The molecule has 1 aromatic rings. The number of carbonyl (C=O) groups is 1. The second kappa shape index (κ2) is 6.88. The van der Waals surface area contributed by atoms with E-state index in [-0.39, 0.29) is 5.41 Å². The van der Waals surface area contributed by atoms with E-state index in [1.807, 2.05) is 0 Å². The van der Waals surface area contributed by atoms with Gasteiger partial charge in [-0.25, -0.2) is 0 Å². The summed E-state index contributed by atoms with van der Waals surface area (Å²) in [5.41, 5.74) is 2.54. The van der Waals surface area contributed by atoms with Crippen LogP contribution in [0.15, 0.2) is 42.1 Å². The zero-order valence-corrected chi connectivity index (χ0v) is 14.3. The summed E-state index contributed by atoms with van der Waals surface area (Å²) in [6, 6.07) is 11.2. The number of hydrogen-bond acceptors (Lipinski definition) is 3. The number of allylic oxidation sites excluding steroid dienone is 2. The number of ketones is 1. The van der Waals surface area contributed by atoms with Gasteiger partial charge in [0.2, 0.25) is 0 Å². The summed E-state index contributed by atoms with van der Waals surface area (Å²) >= 11 is 0. The average Bonchev–Trinajstić information content (AvgIpc) is 2.48. The van der Waals surface area contributed by atoms with Gasteiger partial charge in [-0.3, -0.25) is 9.69 Å². The molecule has 124 valence electrons. The summed E-state index contributed by atoms with van der Waals surface area (Å²) in [5.74, 6) is 0.363. The smallest absolute Gasteiger partial charge is 0.139 e. The molecule has 1 fully saturated rings. The van der Waals surface area contributed by atoms with Crippen molar-refractivity contribution in [1.29, 1.82) is 0 Å². The van der Waals surface area contributed by atoms with Gasteiger partial charge in [0.1, 0.15) is 5.78 Å². The Hall–Kier alpha value is -1.61. The second-order valence-electron chi connectivity index (χ2n) is 7.73. The summed E-state index contributed by atoms with van der Waals surface area (Å²) < 4.78 is 0. The highest BCUT2D eigenvalue weighted by atomic mass is 16.1. The van der Waals surface area contributed by atoms with Crippen LogP contribution < -0.4 is 5.32 Å². The van der Waals surface area contributed by atoms with Gasteiger partial charge in [0.25, 0.3) is 0 Å². The Morgan fingerprint density at radius 1 is 1.17 bits per heavy atom. The van der Waals surface area contributed by atoms with E-state index in [0.29, 0.717) is 24.7 Å². The van der Waals surface area contributed by atoms with Crippen molar-refractivity contribution in [3.8, 4) is 0 Å². The molecule has 1 aromatic carbocycles. The Balaban J connectivity index is 1.50. The van der Waals surface area contributed by atoms with Crippen LogP contribution in [-0.2, 0) is 11.3 Å². The van der Waals surface area contributed by atoms with Crippen molar-refractivity contribution >= 4 is 5.78 Å². The van der Waals surface area contributed by atoms with E-state index in [2.05, 4.69) is 60.5 Å². The predicted octanol–water partition coefficient (Wildman–Crippen LogP) is 3.51. The van der Waals surface area contributed by atoms with Gasteiger partial charge in [0.15, 0.2) is 0 Å². The monoisotopic (exact) mass is 312 g/mol. The average molecular weight is 312 g/mol. The molecule has 1 aliphatic heterocycles. The Bertz CT molecular complexity index is 569. The van der Waals surface area contributed by atoms with Crippen LogP contribution >= 0.6 is 0 Å². The molecule has 3 nitrogen and oxygen atoms in total. The number of nitrogens with zero attached hydrogens (tertiary/aromatic N) is 1. The summed E-state index contributed by atoms with van der Waals surface area (Å²) in [5, 5.41) is 3.64. The van der Waals surface area contributed by atoms with Crippen molar-refractivity contribution in [2.24, 2.45) is 5.41 Å². The Labute approximate surface area is 139 Å². The number of benzene rings is 1. The second-order valence-corrected chi connectivity index (χ2v) is 7.73. The van der Waals surface area contributed by atoms with Crippen molar-refractivity contribution < 1.29 is 4.79 Å². The molecule has 0 unspecified atom stereocenters. The van der Waals surface area contributed by atoms with E-state index in [1.54, 1.807) is 0 Å². The Morgan fingerprint density at radius 3 is 2.52 bits per heavy atom. The molecule has 0 spiro atoms. The van der Waals surface area contributed by atoms with Gasteiger partial charge in [-0.15, -0.1) is 0 Å². The molecule has 1 saturated heterocycles. The van der Waals surface area contributed by atoms with Gasteiger partial charge in [-0.2, -0.15) is 0 Å². The lowest BCUT2D eigenvalue weighted by atomic mass is 9.80. The molecule has 0 saturated carbocycles. The zero-order valence-electron chi connectivity index (χ0n) is 14.3. The number of hydrogen-bond donors (Lipinski definition) is 1. The number of nitrogens with one attached hydrogen (secondary N) is 1. The van der Waals surface area contributed by atoms with Crippen LogP contribution in [0.2, 0.25) is 0 Å². The Kier molecular flexibility index (Phi) is 4.86. The van der Waals surface area contributed by atoms with Crippen LogP contribution in [0, 0.1) is 5.41 Å². The highest BCUT2D eigenvalue weighted by molar-refractivity contribution is 5.83. The molecule has 1 heterocycles. The van der Waals surface area contributed by atoms with Crippen molar-refractivity contribution in [3.05, 3.63) is 47.7 Å². The molecular formula is C20H28N2O. The van der Waals surface area contributed by atoms with Crippen LogP contribution in [0.4, 0.5) is 0 Å². The summed E-state index contributed by atoms with van der Waals surface area (Å²) in [6.07, 6.45) is 5.84. The van der Waals surface area contributed by atoms with Crippen LogP contribution in [0.25, 0.3) is 0 Å². The van der Waals surface area contributed by atoms with Gasteiger partial charge in [0, 0.05) is 44.2 Å². The maximum absolute atomic E-state index is 11.9. The minimum atomic E-state index is 0.00563. The van der Waals surface area contributed by atoms with E-state index in [1.165, 1.54) is 5.56 Å². The standard InChI is InChI=1S/C20H28N2O/c1-20(2)13-18(12-19(23)14-20)21-17-8-10-22(11-9-17)15-16-6-4-3-5-7-16/h3-7,13,17,21H,8-12,14-15H2,1-2H3. The molecule has 1 N–H and O–H groups in total. The molecule has 0 radical (unpaired) electrons. The molecule has 0 atom stereocenters. The van der Waals surface area contributed by atoms with E-state index < -0.39 is 0 Å². The molecule has 1 aliphatic carbocycles. The molecule has 2 aliphatic rings. The van der Waals surface area contributed by atoms with Crippen LogP contribution in [0.5, 0.6) is 0 Å². The molecule has 23 heavy (non-hydrogen) atoms. The topological polar surface area (TPSA) is 32.3 Å². The van der Waals surface area contributed by atoms with Gasteiger partial charge in [-0.1, -0.05) is 50.3 Å². The van der Waals surface area contributed by atoms with Crippen molar-refractivity contribution in [2.75, 3.05) is 13.1 Å². The third-order valence-electron chi connectivity index (χ3n) is 4.83. The molecule has 0 aromatic heterocycles. The van der Waals surface area contributed by atoms with Gasteiger partial charge in [-0.05, 0) is 23.8 Å². The number of piperidine rings is 1. The van der Waals surface area contributed by atoms with Crippen LogP contribution in [0.3, 0.4) is 0 Å². The fourth-order valence-corrected chi connectivity index (χ4v) is 3.79. The van der Waals surface area contributed by atoms with E-state index in [9.17, 15) is 4.79 Å². The highest BCUT2D eigenvalue weighted by Gasteiger charge is 2.28. The lowest BCUT2D eigenvalue weighted by Gasteiger charge is -2.35. The number of carbonyl (C=O) groups excluding carboxylic acids is 1. The van der Waals surface area contributed by atoms with Crippen molar-refractivity contribution in [3.63, 3.8) is 0 Å². The fraction of sp³-hybridized carbons (Fsp3) is 0.550. The summed E-state index contributed by atoms with van der Waals surface area (Å²) in [7, 11) is 0. The molecule has 0 bridgehead atoms. The maximum Gasteiger partial charge on any atom is 0.139 e. The lowest BCUT2D eigenvalue weighted by Crippen LogP contribution is -2.42. The molecule has 3 rings (SSSR count). The van der Waals surface area contributed by atoms with Gasteiger partial charge in [0.05, 0.1) is 0 Å². The van der Waals surface area contributed by atoms with Gasteiger partial charge >= 0.3 is 0 Å². The third kappa shape index (κ3) is 4.68. The first-order chi connectivity index (χ1) is 11.0. The third-order valence-corrected chi connectivity index (χ3v) is 4.83. The molecule has 0 amide bonds. The summed E-state index contributed by atoms with van der Waals surface area (Å²) in [4.78, 5) is 14.4. The number of Topliss-reactive ketones (excluding diaryl/α,β-unsaturated/α-hetero) is 1. The predicted molar refractivity (Wildman–Crippen MR) is 94.0 cm³/mol. The first-order valence-electron chi connectivity index (χ1n) is 8.76. The SMILES string of the molecule is CC1(C)C=C(NC2CCN(Cc3ccccc3)CC2)CC(=O)C1. The fourth-order valence-electron chi connectivity index (χ4n) is 3.79. The first-order valence-corrected chi connectivity index (χ1v) is 8.76.